The summed E-state index contributed by atoms with van der Waals surface area (Å²) < 4.78 is 0. The van der Waals surface area contributed by atoms with Crippen LogP contribution in [0.15, 0.2) is 57.9 Å². The fourth-order valence-electron chi connectivity index (χ4n) is 2.41. The molecule has 0 amide bonds. The van der Waals surface area contributed by atoms with Gasteiger partial charge in [0.2, 0.25) is 0 Å². The molecule has 1 heterocycles. The number of phenols is 1. The van der Waals surface area contributed by atoms with E-state index in [2.05, 4.69) is 0 Å². The quantitative estimate of drug-likeness (QED) is 0.658. The van der Waals surface area contributed by atoms with Crippen molar-refractivity contribution in [2.45, 2.75) is 6.92 Å². The number of allylic oxidation sites excluding steroid dienone is 2. The van der Waals surface area contributed by atoms with Gasteiger partial charge in [-0.05, 0) is 59.6 Å². The van der Waals surface area contributed by atoms with E-state index in [1.165, 1.54) is 12.1 Å². The number of hydrogen-bond acceptors (Lipinski definition) is 3. The molecular weight excluding hydrogens is 300 g/mol. The molecule has 0 saturated heterocycles. The first-order chi connectivity index (χ1) is 10.2. The van der Waals surface area contributed by atoms with E-state index < -0.39 is 16.0 Å². The van der Waals surface area contributed by atoms with Gasteiger partial charge in [0.1, 0.15) is 5.75 Å². The van der Waals surface area contributed by atoms with Crippen molar-refractivity contribution in [1.82, 2.24) is 0 Å². The molecule has 22 heavy (non-hydrogen) atoms. The van der Waals surface area contributed by atoms with E-state index in [9.17, 15) is 19.8 Å². The fourth-order valence-corrected chi connectivity index (χ4v) is 4.72. The summed E-state index contributed by atoms with van der Waals surface area (Å²) in [4.78, 5) is 24.3. The molecule has 5 heteroatoms. The second-order valence-corrected chi connectivity index (χ2v) is 8.93. The van der Waals surface area contributed by atoms with Crippen molar-refractivity contribution in [2.24, 2.45) is 0 Å². The monoisotopic (exact) mass is 318 g/mol. The average molecular weight is 318 g/mol. The molecule has 1 aliphatic heterocycles. The van der Waals surface area contributed by atoms with Crippen molar-refractivity contribution in [3.8, 4) is 5.75 Å². The molecule has 2 N–H and O–H groups in total. The molecule has 0 saturated carbocycles. The molecule has 1 aliphatic rings. The van der Waals surface area contributed by atoms with Gasteiger partial charge in [0.25, 0.3) is 0 Å². The number of hydrogen-bond donors (Lipinski definition) is 2. The Balaban J connectivity index is 2.33. The number of carboxylic acid groups (broad SMARTS) is 1. The molecule has 0 fully saturated rings. The summed E-state index contributed by atoms with van der Waals surface area (Å²) in [5, 5.41) is 20.7. The van der Waals surface area contributed by atoms with Crippen LogP contribution in [0.5, 0.6) is 5.75 Å². The molecule has 0 radical (unpaired) electrons. The molecule has 0 aromatic heterocycles. The van der Waals surface area contributed by atoms with Crippen molar-refractivity contribution < 1.29 is 19.8 Å². The second-order valence-electron chi connectivity index (χ2n) is 5.45. The van der Waals surface area contributed by atoms with Crippen molar-refractivity contribution in [2.75, 3.05) is 12.5 Å². The number of carbonyl (C=O) groups excluding carboxylic acids is 1. The number of aliphatic carboxylic acids is 1. The van der Waals surface area contributed by atoms with Crippen LogP contribution in [0.1, 0.15) is 17.3 Å². The van der Waals surface area contributed by atoms with E-state index in [4.69, 9.17) is 0 Å². The Hall–Kier alpha value is -2.27. The summed E-state index contributed by atoms with van der Waals surface area (Å²) in [6.45, 7) is 1.76. The van der Waals surface area contributed by atoms with Crippen LogP contribution >= 0.6 is 10.0 Å². The highest BCUT2D eigenvalue weighted by Gasteiger charge is 2.28. The first-order valence-corrected chi connectivity index (χ1v) is 9.15. The van der Waals surface area contributed by atoms with Crippen LogP contribution in [0.2, 0.25) is 0 Å². The maximum atomic E-state index is 12.2. The number of aromatic hydroxyl groups is 1. The third-order valence-electron chi connectivity index (χ3n) is 3.54. The lowest BCUT2D eigenvalue weighted by Gasteiger charge is -2.25. The minimum Gasteiger partial charge on any atom is -0.507 e. The van der Waals surface area contributed by atoms with E-state index in [1.807, 2.05) is 12.5 Å². The number of rotatable bonds is 4. The maximum absolute atomic E-state index is 12.2. The topological polar surface area (TPSA) is 74.6 Å². The molecule has 0 aliphatic carbocycles. The average Bonchev–Trinajstić information content (AvgIpc) is 2.67. The molecule has 1 aromatic rings. The third-order valence-corrected chi connectivity index (χ3v) is 5.94. The lowest BCUT2D eigenvalue weighted by atomic mass is 10.1. The first-order valence-electron chi connectivity index (χ1n) is 6.64. The summed E-state index contributed by atoms with van der Waals surface area (Å²) in [7, 11) is -1.38. The summed E-state index contributed by atoms with van der Waals surface area (Å²) in [5.41, 5.74) is 1.22. The summed E-state index contributed by atoms with van der Waals surface area (Å²) in [6.07, 6.45) is 7.03. The zero-order valence-electron chi connectivity index (χ0n) is 12.7. The minimum atomic E-state index is -1.38. The Bertz CT molecular complexity index is 739. The Morgan fingerprint density at radius 2 is 1.82 bits per heavy atom. The van der Waals surface area contributed by atoms with Crippen molar-refractivity contribution in [1.29, 1.82) is 0 Å². The number of phenolic OH excluding ortho intramolecular Hbond substituents is 1. The number of carbonyl (C=O) groups is 2. The largest absolute Gasteiger partial charge is 0.507 e. The number of para-hydroxylation sites is 1. The lowest BCUT2D eigenvalue weighted by Crippen LogP contribution is -1.99. The van der Waals surface area contributed by atoms with E-state index in [0.717, 1.165) is 4.91 Å². The van der Waals surface area contributed by atoms with Crippen LogP contribution in [-0.2, 0) is 4.79 Å². The van der Waals surface area contributed by atoms with Crippen LogP contribution in [0.25, 0.3) is 0 Å². The van der Waals surface area contributed by atoms with Crippen LogP contribution in [0.4, 0.5) is 0 Å². The smallest absolute Gasteiger partial charge is 0.336 e. The van der Waals surface area contributed by atoms with E-state index in [0.29, 0.717) is 11.1 Å². The first kappa shape index (κ1) is 16.1. The van der Waals surface area contributed by atoms with Crippen molar-refractivity contribution in [3.05, 3.63) is 63.4 Å². The standard InChI is InChI=1S/C17H18O4S/c1-11-13(17(20)21)10-22(2,3)16(11)9-8-15(19)12-6-4-5-7-14(12)18/h4-10,18H,1-3H3,(H,20,21). The third kappa shape index (κ3) is 2.99. The van der Waals surface area contributed by atoms with Gasteiger partial charge >= 0.3 is 5.97 Å². The van der Waals surface area contributed by atoms with Gasteiger partial charge in [-0.25, -0.2) is 4.79 Å². The molecule has 0 atom stereocenters. The van der Waals surface area contributed by atoms with Gasteiger partial charge in [-0.15, -0.1) is 0 Å². The molecule has 1 aromatic carbocycles. The van der Waals surface area contributed by atoms with Gasteiger partial charge in [-0.3, -0.25) is 4.79 Å². The Morgan fingerprint density at radius 1 is 1.18 bits per heavy atom. The molecule has 116 valence electrons. The van der Waals surface area contributed by atoms with E-state index in [-0.39, 0.29) is 17.1 Å². The molecule has 2 rings (SSSR count). The highest BCUT2D eigenvalue weighted by molar-refractivity contribution is 8.38. The van der Waals surface area contributed by atoms with Crippen LogP contribution < -0.4 is 0 Å². The molecule has 0 bridgehead atoms. The number of carboxylic acids is 1. The predicted octanol–water partition coefficient (Wildman–Crippen LogP) is 3.45. The van der Waals surface area contributed by atoms with Crippen LogP contribution in [0.3, 0.4) is 0 Å². The highest BCUT2D eigenvalue weighted by atomic mass is 32.3. The summed E-state index contributed by atoms with van der Waals surface area (Å²) in [5.74, 6) is -1.32. The Labute approximate surface area is 130 Å². The Morgan fingerprint density at radius 3 is 2.36 bits per heavy atom. The normalized spacial score (nSPS) is 18.4. The fraction of sp³-hybridized carbons (Fsp3) is 0.176. The van der Waals surface area contributed by atoms with E-state index in [1.54, 1.807) is 36.6 Å². The van der Waals surface area contributed by atoms with Gasteiger partial charge in [-0.2, -0.15) is 10.0 Å². The molecule has 0 unspecified atom stereocenters. The molecular formula is C17H18O4S. The SMILES string of the molecule is CC1=C(C=CC(=O)c2ccccc2O)S(C)(C)C=C1C(=O)O. The highest BCUT2D eigenvalue weighted by Crippen LogP contribution is 2.58. The van der Waals surface area contributed by atoms with Gasteiger partial charge in [0, 0.05) is 0 Å². The van der Waals surface area contributed by atoms with E-state index >= 15 is 0 Å². The predicted molar refractivity (Wildman–Crippen MR) is 89.4 cm³/mol. The van der Waals surface area contributed by atoms with Crippen LogP contribution in [0, 0.1) is 0 Å². The number of ketones is 1. The Kier molecular flexibility index (Phi) is 4.28. The lowest BCUT2D eigenvalue weighted by molar-refractivity contribution is -0.132. The zero-order valence-corrected chi connectivity index (χ0v) is 13.5. The van der Waals surface area contributed by atoms with Gasteiger partial charge in [-0.1, -0.05) is 12.1 Å². The zero-order chi connectivity index (χ0) is 16.5. The van der Waals surface area contributed by atoms with Crippen molar-refractivity contribution >= 4 is 21.8 Å². The summed E-state index contributed by atoms with van der Waals surface area (Å²) in [6, 6.07) is 6.34. The summed E-state index contributed by atoms with van der Waals surface area (Å²) >= 11 is 0. The second kappa shape index (κ2) is 5.85. The van der Waals surface area contributed by atoms with Crippen LogP contribution in [-0.4, -0.2) is 34.5 Å². The maximum Gasteiger partial charge on any atom is 0.336 e. The van der Waals surface area contributed by atoms with Gasteiger partial charge in [0.05, 0.1) is 11.1 Å². The van der Waals surface area contributed by atoms with Gasteiger partial charge < -0.3 is 10.2 Å². The van der Waals surface area contributed by atoms with Crippen molar-refractivity contribution in [3.63, 3.8) is 0 Å². The minimum absolute atomic E-state index is 0.0646. The molecule has 4 nitrogen and oxygen atoms in total. The van der Waals surface area contributed by atoms with Gasteiger partial charge in [0.15, 0.2) is 5.78 Å². The number of benzene rings is 1. The molecule has 0 spiro atoms.